The van der Waals surface area contributed by atoms with E-state index < -0.39 is 23.9 Å². The molecule has 0 aromatic heterocycles. The third-order valence-corrected chi connectivity index (χ3v) is 4.02. The summed E-state index contributed by atoms with van der Waals surface area (Å²) in [6.45, 7) is 1.89. The average Bonchev–Trinajstić information content (AvgIpc) is 2.62. The van der Waals surface area contributed by atoms with Gasteiger partial charge in [-0.15, -0.1) is 0 Å². The van der Waals surface area contributed by atoms with Crippen LogP contribution in [0.25, 0.3) is 0 Å². The van der Waals surface area contributed by atoms with Crippen LogP contribution < -0.4 is 5.32 Å². The van der Waals surface area contributed by atoms with Gasteiger partial charge in [-0.25, -0.2) is 9.59 Å². The van der Waals surface area contributed by atoms with Gasteiger partial charge in [0.1, 0.15) is 0 Å². The molecule has 0 fully saturated rings. The van der Waals surface area contributed by atoms with E-state index in [9.17, 15) is 14.4 Å². The lowest BCUT2D eigenvalue weighted by Gasteiger charge is -2.24. The molecule has 1 heterocycles. The Morgan fingerprint density at radius 2 is 1.96 bits per heavy atom. The van der Waals surface area contributed by atoms with Crippen LogP contribution in [0, 0.1) is 6.92 Å². The molecule has 1 aliphatic rings. The lowest BCUT2D eigenvalue weighted by Crippen LogP contribution is -2.38. The summed E-state index contributed by atoms with van der Waals surface area (Å²) < 4.78 is 9.96. The van der Waals surface area contributed by atoms with Crippen molar-refractivity contribution >= 4 is 23.5 Å². The van der Waals surface area contributed by atoms with Gasteiger partial charge in [-0.1, -0.05) is 29.8 Å². The van der Waals surface area contributed by atoms with E-state index in [1.807, 2.05) is 19.1 Å². The second kappa shape index (κ2) is 6.76. The summed E-state index contributed by atoms with van der Waals surface area (Å²) in [6, 6.07) is 12.0. The van der Waals surface area contributed by atoms with Crippen molar-refractivity contribution in [2.24, 2.45) is 0 Å². The van der Waals surface area contributed by atoms with E-state index in [0.29, 0.717) is 11.3 Å². The Kier molecular flexibility index (Phi) is 4.52. The first-order valence-corrected chi connectivity index (χ1v) is 7.78. The van der Waals surface area contributed by atoms with Gasteiger partial charge in [-0.2, -0.15) is 0 Å². The summed E-state index contributed by atoms with van der Waals surface area (Å²) in [6.07, 6.45) is -0.665. The van der Waals surface area contributed by atoms with Crippen LogP contribution in [0.2, 0.25) is 0 Å². The van der Waals surface area contributed by atoms with Crippen molar-refractivity contribution < 1.29 is 23.9 Å². The first-order valence-electron chi connectivity index (χ1n) is 7.78. The number of methoxy groups -OCH3 is 1. The molecule has 0 bridgehead atoms. The number of carbonyl (C=O) groups is 3. The molecule has 0 saturated carbocycles. The molecule has 0 radical (unpaired) electrons. The highest BCUT2D eigenvalue weighted by atomic mass is 16.5. The third-order valence-electron chi connectivity index (χ3n) is 4.02. The molecule has 128 valence electrons. The van der Waals surface area contributed by atoms with Crippen molar-refractivity contribution in [1.29, 1.82) is 0 Å². The molecule has 3 rings (SSSR count). The highest BCUT2D eigenvalue weighted by Gasteiger charge is 2.31. The van der Waals surface area contributed by atoms with Gasteiger partial charge in [-0.3, -0.25) is 4.79 Å². The minimum absolute atomic E-state index is 0.233. The summed E-state index contributed by atoms with van der Waals surface area (Å²) in [5.74, 6) is -1.57. The van der Waals surface area contributed by atoms with E-state index >= 15 is 0 Å². The molecule has 1 amide bonds. The zero-order chi connectivity index (χ0) is 18.0. The maximum Gasteiger partial charge on any atom is 0.339 e. The average molecular weight is 339 g/mol. The van der Waals surface area contributed by atoms with Crippen LogP contribution in [0.5, 0.6) is 0 Å². The van der Waals surface area contributed by atoms with Gasteiger partial charge in [0.2, 0.25) is 0 Å². The third kappa shape index (κ3) is 3.38. The van der Waals surface area contributed by atoms with E-state index in [2.05, 4.69) is 5.32 Å². The number of anilines is 1. The summed E-state index contributed by atoms with van der Waals surface area (Å²) >= 11 is 0. The van der Waals surface area contributed by atoms with Crippen molar-refractivity contribution in [1.82, 2.24) is 0 Å². The molecule has 6 heteroatoms. The topological polar surface area (TPSA) is 81.7 Å². The van der Waals surface area contributed by atoms with E-state index in [-0.39, 0.29) is 12.0 Å². The van der Waals surface area contributed by atoms with Crippen LogP contribution in [0.15, 0.2) is 42.5 Å². The number of fused-ring (bicyclic) bond motifs is 1. The minimum atomic E-state index is -0.951. The van der Waals surface area contributed by atoms with Crippen LogP contribution in [-0.4, -0.2) is 31.1 Å². The zero-order valence-corrected chi connectivity index (χ0v) is 13.9. The van der Waals surface area contributed by atoms with Crippen LogP contribution in [0.1, 0.15) is 31.8 Å². The van der Waals surface area contributed by atoms with Gasteiger partial charge in [0, 0.05) is 6.42 Å². The Hall–Kier alpha value is -3.15. The number of cyclic esters (lactones) is 1. The zero-order valence-electron chi connectivity index (χ0n) is 13.9. The first-order chi connectivity index (χ1) is 12.0. The van der Waals surface area contributed by atoms with Gasteiger partial charge in [0.25, 0.3) is 5.91 Å². The lowest BCUT2D eigenvalue weighted by atomic mass is 9.96. The van der Waals surface area contributed by atoms with Gasteiger partial charge < -0.3 is 14.8 Å². The van der Waals surface area contributed by atoms with Crippen LogP contribution >= 0.6 is 0 Å². The van der Waals surface area contributed by atoms with Crippen molar-refractivity contribution in [2.45, 2.75) is 19.4 Å². The Bertz CT molecular complexity index is 859. The predicted octanol–water partition coefficient (Wildman–Crippen LogP) is 2.50. The standard InChI is InChI=1S/C19H17NO5/c1-11-7-8-12-10-16(25-19(23)14(12)9-11)17(21)20-15-6-4-3-5-13(15)18(22)24-2/h3-9,16H,10H2,1-2H3,(H,20,21)/t16-/m1/s1. The Labute approximate surface area is 144 Å². The molecule has 1 N–H and O–H groups in total. The molecule has 2 aromatic carbocycles. The highest BCUT2D eigenvalue weighted by Crippen LogP contribution is 2.23. The minimum Gasteiger partial charge on any atom is -0.465 e. The molecule has 6 nitrogen and oxygen atoms in total. The number of benzene rings is 2. The molecule has 2 aromatic rings. The van der Waals surface area contributed by atoms with Gasteiger partial charge in [0.15, 0.2) is 6.10 Å². The fourth-order valence-electron chi connectivity index (χ4n) is 2.73. The fraction of sp³-hybridized carbons (Fsp3) is 0.211. The maximum absolute atomic E-state index is 12.5. The number of rotatable bonds is 3. The number of hydrogen-bond acceptors (Lipinski definition) is 5. The summed E-state index contributed by atoms with van der Waals surface area (Å²) in [4.78, 5) is 36.4. The van der Waals surface area contributed by atoms with Gasteiger partial charge >= 0.3 is 11.9 Å². The number of amides is 1. The van der Waals surface area contributed by atoms with E-state index in [4.69, 9.17) is 9.47 Å². The normalized spacial score (nSPS) is 15.8. The molecule has 1 atom stereocenters. The lowest BCUT2D eigenvalue weighted by molar-refractivity contribution is -0.125. The van der Waals surface area contributed by atoms with Crippen LogP contribution in [0.4, 0.5) is 5.69 Å². The van der Waals surface area contributed by atoms with Crippen LogP contribution in [-0.2, 0) is 20.7 Å². The molecule has 25 heavy (non-hydrogen) atoms. The van der Waals surface area contributed by atoms with Gasteiger partial charge in [0.05, 0.1) is 23.9 Å². The Morgan fingerprint density at radius 1 is 1.20 bits per heavy atom. The number of para-hydroxylation sites is 1. The number of esters is 2. The van der Waals surface area contributed by atoms with Crippen molar-refractivity contribution in [2.75, 3.05) is 12.4 Å². The Morgan fingerprint density at radius 3 is 2.72 bits per heavy atom. The number of aryl methyl sites for hydroxylation is 1. The molecule has 0 spiro atoms. The highest BCUT2D eigenvalue weighted by molar-refractivity contribution is 6.04. The monoisotopic (exact) mass is 339 g/mol. The van der Waals surface area contributed by atoms with Gasteiger partial charge in [-0.05, 0) is 30.7 Å². The quantitative estimate of drug-likeness (QED) is 0.869. The van der Waals surface area contributed by atoms with Crippen molar-refractivity contribution in [3.05, 3.63) is 64.7 Å². The fourth-order valence-corrected chi connectivity index (χ4v) is 2.73. The largest absolute Gasteiger partial charge is 0.465 e. The smallest absolute Gasteiger partial charge is 0.339 e. The second-order valence-electron chi connectivity index (χ2n) is 5.79. The number of carbonyl (C=O) groups excluding carboxylic acids is 3. The van der Waals surface area contributed by atoms with Crippen molar-refractivity contribution in [3.8, 4) is 0 Å². The van der Waals surface area contributed by atoms with E-state index in [1.54, 1.807) is 30.3 Å². The van der Waals surface area contributed by atoms with Crippen molar-refractivity contribution in [3.63, 3.8) is 0 Å². The summed E-state index contributed by atoms with van der Waals surface area (Å²) in [7, 11) is 1.27. The molecular weight excluding hydrogens is 322 g/mol. The molecule has 1 aliphatic heterocycles. The SMILES string of the molecule is COC(=O)c1ccccc1NC(=O)[C@H]1Cc2ccc(C)cc2C(=O)O1. The predicted molar refractivity (Wildman–Crippen MR) is 90.5 cm³/mol. The van der Waals surface area contributed by atoms with E-state index in [1.165, 1.54) is 7.11 Å². The number of hydrogen-bond donors (Lipinski definition) is 1. The molecular formula is C19H17NO5. The number of nitrogens with one attached hydrogen (secondary N) is 1. The molecule has 0 aliphatic carbocycles. The number of ether oxygens (including phenoxy) is 2. The second-order valence-corrected chi connectivity index (χ2v) is 5.79. The van der Waals surface area contributed by atoms with E-state index in [0.717, 1.165) is 11.1 Å². The summed E-state index contributed by atoms with van der Waals surface area (Å²) in [5.41, 5.74) is 2.74. The summed E-state index contributed by atoms with van der Waals surface area (Å²) in [5, 5.41) is 2.64. The molecule has 0 unspecified atom stereocenters. The first kappa shape index (κ1) is 16.7. The van der Waals surface area contributed by atoms with Crippen LogP contribution in [0.3, 0.4) is 0 Å². The Balaban J connectivity index is 1.80. The maximum atomic E-state index is 12.5. The molecule has 0 saturated heterocycles.